The number of thioether (sulfide) groups is 1. The Hall–Kier alpha value is -1.95. The lowest BCUT2D eigenvalue weighted by Gasteiger charge is -2.16. The van der Waals surface area contributed by atoms with Gasteiger partial charge in [-0.15, -0.1) is 11.8 Å². The van der Waals surface area contributed by atoms with Crippen LogP contribution in [-0.4, -0.2) is 37.6 Å². The summed E-state index contributed by atoms with van der Waals surface area (Å²) in [4.78, 5) is 18.4. The lowest BCUT2D eigenvalue weighted by atomic mass is 10.1. The topological polar surface area (TPSA) is 51.7 Å². The molecule has 0 saturated carbocycles. The number of ether oxygens (including phenoxy) is 2. The van der Waals surface area contributed by atoms with Crippen molar-refractivity contribution < 1.29 is 14.3 Å². The van der Waals surface area contributed by atoms with Crippen LogP contribution in [0.4, 0.5) is 10.5 Å². The van der Waals surface area contributed by atoms with Crippen LogP contribution in [0, 0.1) is 6.92 Å². The second kappa shape index (κ2) is 7.55. The summed E-state index contributed by atoms with van der Waals surface area (Å²) in [6, 6.07) is 6.07. The van der Waals surface area contributed by atoms with Crippen LogP contribution in [0.15, 0.2) is 23.2 Å². The predicted molar refractivity (Wildman–Crippen MR) is 94.9 cm³/mol. The van der Waals surface area contributed by atoms with E-state index in [2.05, 4.69) is 4.98 Å². The van der Waals surface area contributed by atoms with Gasteiger partial charge in [0.15, 0.2) is 5.75 Å². The maximum atomic E-state index is 11.7. The average molecular weight is 334 g/mol. The van der Waals surface area contributed by atoms with Crippen molar-refractivity contribution in [2.75, 3.05) is 31.4 Å². The van der Waals surface area contributed by atoms with Crippen LogP contribution in [0.5, 0.6) is 5.75 Å². The zero-order valence-electron chi connectivity index (χ0n) is 14.2. The van der Waals surface area contributed by atoms with Gasteiger partial charge in [-0.1, -0.05) is 13.0 Å². The summed E-state index contributed by atoms with van der Waals surface area (Å²) in [6.45, 7) is 6.00. The van der Waals surface area contributed by atoms with Gasteiger partial charge in [0.1, 0.15) is 5.03 Å². The molecule has 0 aliphatic carbocycles. The third-order valence-electron chi connectivity index (χ3n) is 3.39. The minimum atomic E-state index is -0.695. The van der Waals surface area contributed by atoms with Crippen LogP contribution >= 0.6 is 11.8 Å². The fraction of sp³-hybridized carbons (Fsp3) is 0.412. The Morgan fingerprint density at radius 3 is 2.65 bits per heavy atom. The maximum absolute atomic E-state index is 11.7. The molecule has 23 heavy (non-hydrogen) atoms. The molecule has 1 aromatic carbocycles. The average Bonchev–Trinajstić information content (AvgIpc) is 2.51. The number of fused-ring (bicyclic) bond motifs is 1. The fourth-order valence-electron chi connectivity index (χ4n) is 2.24. The second-order valence-electron chi connectivity index (χ2n) is 5.19. The highest BCUT2D eigenvalue weighted by molar-refractivity contribution is 7.99. The summed E-state index contributed by atoms with van der Waals surface area (Å²) in [6.07, 6.45) is -0.695. The van der Waals surface area contributed by atoms with Crippen molar-refractivity contribution in [2.24, 2.45) is 0 Å². The predicted octanol–water partition coefficient (Wildman–Crippen LogP) is 4.26. The Bertz CT molecular complexity index is 717. The van der Waals surface area contributed by atoms with E-state index in [1.807, 2.05) is 51.0 Å². The molecule has 0 atom stereocenters. The Morgan fingerprint density at radius 2 is 2.04 bits per heavy atom. The largest absolute Gasteiger partial charge is 0.513 e. The van der Waals surface area contributed by atoms with E-state index in [4.69, 9.17) is 9.47 Å². The molecule has 0 saturated heterocycles. The molecule has 0 aliphatic rings. The zero-order chi connectivity index (χ0) is 17.0. The molecule has 0 unspecified atom stereocenters. The van der Waals surface area contributed by atoms with Crippen LogP contribution in [0.1, 0.15) is 19.4 Å². The number of hydrogen-bond acceptors (Lipinski definition) is 6. The molecule has 0 spiro atoms. The molecule has 5 nitrogen and oxygen atoms in total. The van der Waals surface area contributed by atoms with Crippen molar-refractivity contribution in [3.8, 4) is 5.75 Å². The first-order valence-electron chi connectivity index (χ1n) is 7.57. The van der Waals surface area contributed by atoms with Gasteiger partial charge in [0, 0.05) is 30.7 Å². The van der Waals surface area contributed by atoms with Gasteiger partial charge in [-0.25, -0.2) is 9.78 Å². The van der Waals surface area contributed by atoms with E-state index in [1.165, 1.54) is 0 Å². The standard InChI is InChI=1S/C17H22N2O3S/c1-6-21-17(20)22-15-11(3)13-9-8-12(19(4)5)10-14(13)18-16(15)23-7-2/h8-10H,6-7H2,1-5H3. The number of aromatic nitrogens is 1. The molecule has 0 aliphatic heterocycles. The molecule has 1 heterocycles. The molecule has 6 heteroatoms. The summed E-state index contributed by atoms with van der Waals surface area (Å²) < 4.78 is 10.3. The van der Waals surface area contributed by atoms with Crippen molar-refractivity contribution >= 4 is 34.5 Å². The van der Waals surface area contributed by atoms with Crippen LogP contribution in [0.25, 0.3) is 10.9 Å². The highest BCUT2D eigenvalue weighted by atomic mass is 32.2. The Balaban J connectivity index is 2.56. The fourth-order valence-corrected chi connectivity index (χ4v) is 3.00. The highest BCUT2D eigenvalue weighted by Crippen LogP contribution is 2.36. The van der Waals surface area contributed by atoms with Gasteiger partial charge in [-0.05, 0) is 31.7 Å². The number of carbonyl (C=O) groups is 1. The van der Waals surface area contributed by atoms with Gasteiger partial charge >= 0.3 is 6.16 Å². The number of hydrogen-bond donors (Lipinski definition) is 0. The number of aryl methyl sites for hydroxylation is 1. The molecule has 0 amide bonds. The minimum Gasteiger partial charge on any atom is -0.434 e. The van der Waals surface area contributed by atoms with E-state index in [9.17, 15) is 4.79 Å². The van der Waals surface area contributed by atoms with Crippen molar-refractivity contribution in [3.63, 3.8) is 0 Å². The van der Waals surface area contributed by atoms with Crippen LogP contribution in [0.2, 0.25) is 0 Å². The molecule has 0 bridgehead atoms. The smallest absolute Gasteiger partial charge is 0.434 e. The van der Waals surface area contributed by atoms with Crippen molar-refractivity contribution in [3.05, 3.63) is 23.8 Å². The van der Waals surface area contributed by atoms with Gasteiger partial charge in [-0.2, -0.15) is 0 Å². The summed E-state index contributed by atoms with van der Waals surface area (Å²) in [7, 11) is 3.99. The lowest BCUT2D eigenvalue weighted by molar-refractivity contribution is 0.103. The van der Waals surface area contributed by atoms with E-state index in [0.717, 1.165) is 27.9 Å². The van der Waals surface area contributed by atoms with Crippen LogP contribution in [-0.2, 0) is 4.74 Å². The molecular formula is C17H22N2O3S. The second-order valence-corrected chi connectivity index (χ2v) is 6.44. The number of benzene rings is 1. The first kappa shape index (κ1) is 17.4. The first-order valence-corrected chi connectivity index (χ1v) is 8.55. The third-order valence-corrected chi connectivity index (χ3v) is 4.23. The van der Waals surface area contributed by atoms with Gasteiger partial charge in [0.05, 0.1) is 12.1 Å². The lowest BCUT2D eigenvalue weighted by Crippen LogP contribution is -2.12. The van der Waals surface area contributed by atoms with E-state index >= 15 is 0 Å². The van der Waals surface area contributed by atoms with E-state index in [-0.39, 0.29) is 6.61 Å². The van der Waals surface area contributed by atoms with E-state index < -0.39 is 6.16 Å². The number of nitrogens with zero attached hydrogens (tertiary/aromatic N) is 2. The van der Waals surface area contributed by atoms with Crippen molar-refractivity contribution in [1.82, 2.24) is 4.98 Å². The molecule has 2 aromatic rings. The summed E-state index contributed by atoms with van der Waals surface area (Å²) in [5, 5.41) is 1.68. The van der Waals surface area contributed by atoms with Gasteiger partial charge in [0.2, 0.25) is 0 Å². The molecular weight excluding hydrogens is 312 g/mol. The first-order chi connectivity index (χ1) is 11.0. The molecule has 0 fully saturated rings. The van der Waals surface area contributed by atoms with Crippen LogP contribution < -0.4 is 9.64 Å². The van der Waals surface area contributed by atoms with Crippen LogP contribution in [0.3, 0.4) is 0 Å². The maximum Gasteiger partial charge on any atom is 0.513 e. The van der Waals surface area contributed by atoms with Crippen molar-refractivity contribution in [1.29, 1.82) is 0 Å². The van der Waals surface area contributed by atoms with E-state index in [0.29, 0.717) is 10.8 Å². The van der Waals surface area contributed by atoms with Gasteiger partial charge in [0.25, 0.3) is 0 Å². The monoisotopic (exact) mass is 334 g/mol. The Kier molecular flexibility index (Phi) is 5.71. The third kappa shape index (κ3) is 3.88. The zero-order valence-corrected chi connectivity index (χ0v) is 15.0. The Labute approximate surface area is 141 Å². The number of carbonyl (C=O) groups excluding carboxylic acids is 1. The van der Waals surface area contributed by atoms with E-state index in [1.54, 1.807) is 18.7 Å². The summed E-state index contributed by atoms with van der Waals surface area (Å²) in [5.74, 6) is 1.32. The minimum absolute atomic E-state index is 0.279. The number of rotatable bonds is 5. The summed E-state index contributed by atoms with van der Waals surface area (Å²) in [5.41, 5.74) is 2.86. The molecule has 0 radical (unpaired) electrons. The molecule has 0 N–H and O–H groups in total. The molecule has 124 valence electrons. The molecule has 2 rings (SSSR count). The Morgan fingerprint density at radius 1 is 1.30 bits per heavy atom. The summed E-state index contributed by atoms with van der Waals surface area (Å²) >= 11 is 1.55. The highest BCUT2D eigenvalue weighted by Gasteiger charge is 2.18. The number of anilines is 1. The van der Waals surface area contributed by atoms with Gasteiger partial charge < -0.3 is 14.4 Å². The SMILES string of the molecule is CCOC(=O)Oc1c(SCC)nc2cc(N(C)C)ccc2c1C. The molecule has 1 aromatic heterocycles. The van der Waals surface area contributed by atoms with Gasteiger partial charge in [-0.3, -0.25) is 0 Å². The normalized spacial score (nSPS) is 10.7. The van der Waals surface area contributed by atoms with Crippen molar-refractivity contribution in [2.45, 2.75) is 25.8 Å². The number of pyridine rings is 1. The quantitative estimate of drug-likeness (QED) is 0.601.